The van der Waals surface area contributed by atoms with Crippen molar-refractivity contribution in [2.45, 2.75) is 13.3 Å². The van der Waals surface area contributed by atoms with Crippen molar-refractivity contribution in [3.05, 3.63) is 217 Å². The van der Waals surface area contributed by atoms with Gasteiger partial charge in [-0.1, -0.05) is 133 Å². The summed E-state index contributed by atoms with van der Waals surface area (Å²) < 4.78 is 14.5. The quantitative estimate of drug-likeness (QED) is 0.174. The maximum atomic E-state index is 7.26. The smallest absolute Gasteiger partial charge is 0.161 e. The van der Waals surface area contributed by atoms with Gasteiger partial charge in [0, 0.05) is 64.7 Å². The van der Waals surface area contributed by atoms with Crippen LogP contribution in [0.2, 0.25) is 0 Å². The number of amidine groups is 1. The summed E-state index contributed by atoms with van der Waals surface area (Å²) in [4.78, 5) is 11.4. The fourth-order valence-corrected chi connectivity index (χ4v) is 12.3. The maximum absolute atomic E-state index is 7.26. The Balaban J connectivity index is 1.02. The molecule has 0 spiro atoms. The van der Waals surface area contributed by atoms with Crippen LogP contribution in [0, 0.1) is 0 Å². The number of thiophene rings is 1. The second-order valence-corrected chi connectivity index (χ2v) is 19.2. The van der Waals surface area contributed by atoms with E-state index in [4.69, 9.17) is 14.4 Å². The molecule has 318 valence electrons. The third kappa shape index (κ3) is 5.43. The third-order valence-electron chi connectivity index (χ3n) is 14.3. The summed E-state index contributed by atoms with van der Waals surface area (Å²) in [6, 6.07) is 72.4. The lowest BCUT2D eigenvalue weighted by Crippen LogP contribution is -2.14. The molecule has 10 aromatic carbocycles. The average Bonchev–Trinajstić information content (AvgIpc) is 4.10. The van der Waals surface area contributed by atoms with E-state index in [0.717, 1.165) is 83.3 Å². The number of hydrogen-bond acceptors (Lipinski definition) is 4. The van der Waals surface area contributed by atoms with Crippen molar-refractivity contribution in [2.24, 2.45) is 9.98 Å². The van der Waals surface area contributed by atoms with Crippen molar-refractivity contribution in [3.8, 4) is 5.69 Å². The molecule has 1 aliphatic heterocycles. The fraction of sp³-hybridized carbons (Fsp3) is 0.0323. The first kappa shape index (κ1) is 37.6. The largest absolute Gasteiger partial charge is 0.455 e. The summed E-state index contributed by atoms with van der Waals surface area (Å²) in [5.41, 5.74) is 11.1. The van der Waals surface area contributed by atoms with Crippen molar-refractivity contribution < 1.29 is 4.42 Å². The van der Waals surface area contributed by atoms with Crippen molar-refractivity contribution in [3.63, 3.8) is 0 Å². The minimum Gasteiger partial charge on any atom is -0.455 e. The zero-order valence-electron chi connectivity index (χ0n) is 36.9. The van der Waals surface area contributed by atoms with Crippen LogP contribution in [0.15, 0.2) is 220 Å². The average molecular weight is 887 g/mol. The predicted molar refractivity (Wildman–Crippen MR) is 288 cm³/mol. The van der Waals surface area contributed by atoms with Crippen LogP contribution in [0.25, 0.3) is 119 Å². The number of aliphatic imine (C=N–C) groups is 2. The van der Waals surface area contributed by atoms with Gasteiger partial charge in [0.25, 0.3) is 0 Å². The third-order valence-corrected chi connectivity index (χ3v) is 15.4. The number of fused-ring (bicyclic) bond motifs is 14. The molecular weight excluding hydrogens is 849 g/mol. The number of allylic oxidation sites excluding steroid dienone is 1. The SMILES string of the molecule is CC1=C(c2ccc(-n3c4ccccc4c4cc5ccccc5cc43)c3c2oc2cc4ccccc4cc23)N=C(c2ccc3c(c2)sc2ccccc23)N=C(n2c3ccccc3c3ccccc32)C1. The lowest BCUT2D eigenvalue weighted by molar-refractivity contribution is 0.668. The molecular formula is C62H38N4OS. The summed E-state index contributed by atoms with van der Waals surface area (Å²) in [7, 11) is 0. The molecule has 0 saturated heterocycles. The van der Waals surface area contributed by atoms with Gasteiger partial charge in [-0.3, -0.25) is 4.57 Å². The van der Waals surface area contributed by atoms with E-state index in [0.29, 0.717) is 12.3 Å². The van der Waals surface area contributed by atoms with E-state index < -0.39 is 0 Å². The van der Waals surface area contributed by atoms with E-state index in [9.17, 15) is 0 Å². The molecule has 6 heteroatoms. The van der Waals surface area contributed by atoms with Gasteiger partial charge in [-0.15, -0.1) is 11.3 Å². The molecule has 0 atom stereocenters. The molecule has 0 radical (unpaired) electrons. The molecule has 0 unspecified atom stereocenters. The van der Waals surface area contributed by atoms with E-state index in [1.165, 1.54) is 57.9 Å². The van der Waals surface area contributed by atoms with Gasteiger partial charge in [0.2, 0.25) is 0 Å². The van der Waals surface area contributed by atoms with Gasteiger partial charge in [0.05, 0.1) is 38.8 Å². The number of furan rings is 1. The van der Waals surface area contributed by atoms with Gasteiger partial charge in [0.1, 0.15) is 17.0 Å². The minimum atomic E-state index is 0.573. The molecule has 0 N–H and O–H groups in total. The first-order chi connectivity index (χ1) is 33.6. The predicted octanol–water partition coefficient (Wildman–Crippen LogP) is 17.0. The minimum absolute atomic E-state index is 0.573. The molecule has 0 saturated carbocycles. The Hall–Kier alpha value is -8.58. The zero-order valence-corrected chi connectivity index (χ0v) is 37.7. The summed E-state index contributed by atoms with van der Waals surface area (Å²) >= 11 is 1.81. The second kappa shape index (κ2) is 14.2. The van der Waals surface area contributed by atoms with Crippen molar-refractivity contribution in [1.29, 1.82) is 0 Å². The molecule has 0 fully saturated rings. The van der Waals surface area contributed by atoms with Crippen LogP contribution < -0.4 is 0 Å². The highest BCUT2D eigenvalue weighted by Crippen LogP contribution is 2.45. The van der Waals surface area contributed by atoms with Crippen LogP contribution in [-0.4, -0.2) is 20.8 Å². The molecule has 5 heterocycles. The number of aromatic nitrogens is 2. The molecule has 0 amide bonds. The number of rotatable bonds is 3. The molecule has 68 heavy (non-hydrogen) atoms. The van der Waals surface area contributed by atoms with Crippen LogP contribution in [0.3, 0.4) is 0 Å². The molecule has 1 aliphatic rings. The van der Waals surface area contributed by atoms with Crippen LogP contribution in [0.5, 0.6) is 0 Å². The number of para-hydroxylation sites is 3. The Morgan fingerprint density at radius 1 is 0.456 bits per heavy atom. The second-order valence-electron chi connectivity index (χ2n) is 18.2. The lowest BCUT2D eigenvalue weighted by Gasteiger charge is -2.14. The summed E-state index contributed by atoms with van der Waals surface area (Å²) in [6.45, 7) is 2.22. The van der Waals surface area contributed by atoms with Crippen LogP contribution in [0.1, 0.15) is 24.5 Å². The van der Waals surface area contributed by atoms with Gasteiger partial charge in [-0.2, -0.15) is 0 Å². The molecule has 5 nitrogen and oxygen atoms in total. The highest BCUT2D eigenvalue weighted by Gasteiger charge is 2.26. The standard InChI is InChI=1S/C62H38N4OS/c1-36-30-58(66-51-23-11-6-18-42(51)43-19-7-12-24-52(43)66)63-62(41-26-27-46-45-21-9-13-25-56(45)68-57(46)35-41)64-60(36)47-28-29-53(59-49-32-38-15-3-5-17-40(38)34-55(49)67-61(47)59)65-50-22-10-8-20-44(50)48-31-37-14-2-4-16-39(37)33-54(48)65/h2-29,31-35H,30H2,1H3. The van der Waals surface area contributed by atoms with Crippen molar-refractivity contribution in [2.75, 3.05) is 0 Å². The molecule has 4 aromatic heterocycles. The summed E-state index contributed by atoms with van der Waals surface area (Å²) in [5.74, 6) is 1.59. The lowest BCUT2D eigenvalue weighted by atomic mass is 9.99. The maximum Gasteiger partial charge on any atom is 0.161 e. The van der Waals surface area contributed by atoms with E-state index in [2.05, 4.69) is 216 Å². The van der Waals surface area contributed by atoms with Crippen LogP contribution >= 0.6 is 11.3 Å². The number of hydrogen-bond donors (Lipinski definition) is 0. The Morgan fingerprint density at radius 2 is 1.03 bits per heavy atom. The van der Waals surface area contributed by atoms with Gasteiger partial charge < -0.3 is 8.98 Å². The number of benzene rings is 10. The van der Waals surface area contributed by atoms with E-state index in [-0.39, 0.29) is 0 Å². The van der Waals surface area contributed by atoms with E-state index in [1.807, 2.05) is 11.3 Å². The van der Waals surface area contributed by atoms with Crippen LogP contribution in [0.4, 0.5) is 0 Å². The van der Waals surface area contributed by atoms with Gasteiger partial charge in [-0.05, 0) is 101 Å². The Kier molecular flexibility index (Phi) is 7.86. The molecule has 15 rings (SSSR count). The van der Waals surface area contributed by atoms with Gasteiger partial charge in [-0.25, -0.2) is 9.98 Å². The van der Waals surface area contributed by atoms with Crippen LogP contribution in [-0.2, 0) is 0 Å². The summed E-state index contributed by atoms with van der Waals surface area (Å²) in [6.07, 6.45) is 0.573. The Labute approximate surface area is 393 Å². The zero-order chi connectivity index (χ0) is 44.6. The van der Waals surface area contributed by atoms with Crippen molar-refractivity contribution in [1.82, 2.24) is 9.13 Å². The van der Waals surface area contributed by atoms with Gasteiger partial charge in [0.15, 0.2) is 5.84 Å². The molecule has 0 aliphatic carbocycles. The first-order valence-corrected chi connectivity index (χ1v) is 24.0. The Morgan fingerprint density at radius 3 is 1.75 bits per heavy atom. The van der Waals surface area contributed by atoms with Crippen molar-refractivity contribution >= 4 is 136 Å². The fourth-order valence-electron chi connectivity index (χ4n) is 11.2. The highest BCUT2D eigenvalue weighted by atomic mass is 32.1. The normalized spacial score (nSPS) is 13.7. The highest BCUT2D eigenvalue weighted by molar-refractivity contribution is 7.25. The molecule has 14 aromatic rings. The van der Waals surface area contributed by atoms with E-state index in [1.54, 1.807) is 0 Å². The first-order valence-electron chi connectivity index (χ1n) is 23.2. The van der Waals surface area contributed by atoms with Gasteiger partial charge >= 0.3 is 0 Å². The monoisotopic (exact) mass is 886 g/mol. The number of nitrogens with zero attached hydrogens (tertiary/aromatic N) is 4. The summed E-state index contributed by atoms with van der Waals surface area (Å²) in [5, 5.41) is 14.2. The topological polar surface area (TPSA) is 47.7 Å². The molecule has 0 bridgehead atoms. The Bertz CT molecular complexity index is 4550. The van der Waals surface area contributed by atoms with E-state index >= 15 is 0 Å².